The van der Waals surface area contributed by atoms with Crippen molar-refractivity contribution in [2.75, 3.05) is 5.73 Å². The van der Waals surface area contributed by atoms with Gasteiger partial charge in [-0.25, -0.2) is 9.97 Å². The Morgan fingerprint density at radius 1 is 0.950 bits per heavy atom. The molecule has 0 unspecified atom stereocenters. The van der Waals surface area contributed by atoms with Crippen LogP contribution in [0.5, 0.6) is 0 Å². The van der Waals surface area contributed by atoms with E-state index < -0.39 is 0 Å². The molecule has 0 aliphatic heterocycles. The normalized spacial score (nSPS) is 10.9. The van der Waals surface area contributed by atoms with Crippen molar-refractivity contribution in [3.8, 4) is 0 Å². The van der Waals surface area contributed by atoms with Gasteiger partial charge in [-0.2, -0.15) is 0 Å². The summed E-state index contributed by atoms with van der Waals surface area (Å²) in [6.45, 7) is 3.95. The van der Waals surface area contributed by atoms with E-state index in [2.05, 4.69) is 15.0 Å². The van der Waals surface area contributed by atoms with Crippen LogP contribution >= 0.6 is 11.8 Å². The fourth-order valence-corrected chi connectivity index (χ4v) is 2.78. The highest BCUT2D eigenvalue weighted by molar-refractivity contribution is 7.99. The van der Waals surface area contributed by atoms with Crippen LogP contribution in [0.3, 0.4) is 0 Å². The van der Waals surface area contributed by atoms with Gasteiger partial charge >= 0.3 is 0 Å². The number of aryl methyl sites for hydroxylation is 2. The number of aromatic nitrogens is 3. The number of pyridine rings is 1. The van der Waals surface area contributed by atoms with Crippen molar-refractivity contribution in [2.24, 2.45) is 0 Å². The predicted octanol–water partition coefficient (Wildman–Crippen LogP) is 3.38. The third-order valence-corrected chi connectivity index (χ3v) is 3.96. The van der Waals surface area contributed by atoms with Crippen LogP contribution in [-0.2, 0) is 0 Å². The molecule has 0 radical (unpaired) electrons. The van der Waals surface area contributed by atoms with Gasteiger partial charge in [-0.05, 0) is 49.4 Å². The molecule has 0 aliphatic carbocycles. The summed E-state index contributed by atoms with van der Waals surface area (Å²) in [4.78, 5) is 14.1. The van der Waals surface area contributed by atoms with Gasteiger partial charge in [0.05, 0.1) is 0 Å². The lowest BCUT2D eigenvalue weighted by atomic mass is 10.1. The molecule has 0 amide bonds. The second-order valence-corrected chi connectivity index (χ2v) is 5.68. The SMILES string of the molecule is Cc1cnc(Sc2ccc(N)c3cnc(C)cc23)nc1. The Hall–Kier alpha value is -2.14. The Morgan fingerprint density at radius 2 is 1.70 bits per heavy atom. The Balaban J connectivity index is 2.09. The Kier molecular flexibility index (Phi) is 3.28. The van der Waals surface area contributed by atoms with Crippen molar-refractivity contribution < 1.29 is 0 Å². The van der Waals surface area contributed by atoms with Gasteiger partial charge in [0.25, 0.3) is 0 Å². The molecule has 0 atom stereocenters. The molecular weight excluding hydrogens is 268 g/mol. The molecule has 4 nitrogen and oxygen atoms in total. The van der Waals surface area contributed by atoms with Crippen molar-refractivity contribution in [1.29, 1.82) is 0 Å². The lowest BCUT2D eigenvalue weighted by Gasteiger charge is -2.08. The highest BCUT2D eigenvalue weighted by atomic mass is 32.2. The van der Waals surface area contributed by atoms with E-state index in [1.807, 2.05) is 50.6 Å². The summed E-state index contributed by atoms with van der Waals surface area (Å²) in [5, 5.41) is 2.79. The van der Waals surface area contributed by atoms with Crippen molar-refractivity contribution in [2.45, 2.75) is 23.9 Å². The van der Waals surface area contributed by atoms with Gasteiger partial charge in [0.1, 0.15) is 0 Å². The molecule has 0 bridgehead atoms. The van der Waals surface area contributed by atoms with Crippen molar-refractivity contribution >= 4 is 28.2 Å². The molecular formula is C15H14N4S. The summed E-state index contributed by atoms with van der Waals surface area (Å²) in [6.07, 6.45) is 5.46. The zero-order valence-electron chi connectivity index (χ0n) is 11.3. The van der Waals surface area contributed by atoms with Crippen LogP contribution in [0.2, 0.25) is 0 Å². The third-order valence-electron chi connectivity index (χ3n) is 2.99. The molecule has 20 heavy (non-hydrogen) atoms. The van der Waals surface area contributed by atoms with Gasteiger partial charge in [-0.1, -0.05) is 0 Å². The van der Waals surface area contributed by atoms with Crippen molar-refractivity contribution in [3.63, 3.8) is 0 Å². The van der Waals surface area contributed by atoms with Crippen LogP contribution in [0.15, 0.2) is 46.8 Å². The van der Waals surface area contributed by atoms with E-state index in [4.69, 9.17) is 5.73 Å². The minimum atomic E-state index is 0.733. The summed E-state index contributed by atoms with van der Waals surface area (Å²) in [5.41, 5.74) is 8.77. The fourth-order valence-electron chi connectivity index (χ4n) is 1.96. The van der Waals surface area contributed by atoms with Crippen molar-refractivity contribution in [1.82, 2.24) is 15.0 Å². The van der Waals surface area contributed by atoms with Crippen LogP contribution in [-0.4, -0.2) is 15.0 Å². The van der Waals surface area contributed by atoms with Crippen molar-refractivity contribution in [3.05, 3.63) is 48.0 Å². The van der Waals surface area contributed by atoms with E-state index in [0.29, 0.717) is 0 Å². The first-order valence-electron chi connectivity index (χ1n) is 6.25. The quantitative estimate of drug-likeness (QED) is 0.576. The molecule has 5 heteroatoms. The lowest BCUT2D eigenvalue weighted by Crippen LogP contribution is -1.92. The van der Waals surface area contributed by atoms with Gasteiger partial charge in [-0.15, -0.1) is 0 Å². The number of nitrogens with two attached hydrogens (primary N) is 1. The third kappa shape index (κ3) is 2.44. The molecule has 1 aromatic carbocycles. The van der Waals surface area contributed by atoms with Crippen LogP contribution in [0.1, 0.15) is 11.3 Å². The molecule has 100 valence electrons. The van der Waals surface area contributed by atoms with Gasteiger partial charge in [0.2, 0.25) is 0 Å². The summed E-state index contributed by atoms with van der Waals surface area (Å²) < 4.78 is 0. The second-order valence-electron chi connectivity index (χ2n) is 4.67. The number of hydrogen-bond acceptors (Lipinski definition) is 5. The highest BCUT2D eigenvalue weighted by Crippen LogP contribution is 2.34. The van der Waals surface area contributed by atoms with E-state index in [9.17, 15) is 0 Å². The zero-order chi connectivity index (χ0) is 14.1. The number of nitrogen functional groups attached to an aromatic ring is 1. The van der Waals surface area contributed by atoms with Crippen LogP contribution in [0.4, 0.5) is 5.69 Å². The smallest absolute Gasteiger partial charge is 0.192 e. The molecule has 0 aliphatic rings. The molecule has 2 aromatic heterocycles. The number of anilines is 1. The van der Waals surface area contributed by atoms with Gasteiger partial charge in [0.15, 0.2) is 5.16 Å². The van der Waals surface area contributed by atoms with E-state index in [0.717, 1.165) is 37.8 Å². The minimum absolute atomic E-state index is 0.733. The molecule has 2 heterocycles. The molecule has 0 saturated heterocycles. The van der Waals surface area contributed by atoms with Gasteiger partial charge < -0.3 is 5.73 Å². The maximum absolute atomic E-state index is 6.01. The lowest BCUT2D eigenvalue weighted by molar-refractivity contribution is 0.950. The van der Waals surface area contributed by atoms with Gasteiger partial charge in [-0.3, -0.25) is 4.98 Å². The van der Waals surface area contributed by atoms with E-state index in [1.165, 1.54) is 11.8 Å². The predicted molar refractivity (Wildman–Crippen MR) is 81.8 cm³/mol. The second kappa shape index (κ2) is 5.09. The standard InChI is InChI=1S/C15H14N4S/c1-9-6-18-15(19-7-9)20-14-4-3-13(16)12-8-17-10(2)5-11(12)14/h3-8H,16H2,1-2H3. The maximum Gasteiger partial charge on any atom is 0.192 e. The Bertz CT molecular complexity index is 769. The molecule has 2 N–H and O–H groups in total. The first kappa shape index (κ1) is 12.9. The van der Waals surface area contributed by atoms with Crippen LogP contribution in [0.25, 0.3) is 10.8 Å². The monoisotopic (exact) mass is 282 g/mol. The maximum atomic E-state index is 6.01. The number of fused-ring (bicyclic) bond motifs is 1. The molecule has 0 fully saturated rings. The first-order chi connectivity index (χ1) is 9.63. The zero-order valence-corrected chi connectivity index (χ0v) is 12.1. The summed E-state index contributed by atoms with van der Waals surface area (Å²) >= 11 is 1.54. The summed E-state index contributed by atoms with van der Waals surface area (Å²) in [6, 6.07) is 5.95. The van der Waals surface area contributed by atoms with E-state index >= 15 is 0 Å². The first-order valence-corrected chi connectivity index (χ1v) is 7.06. The largest absolute Gasteiger partial charge is 0.398 e. The van der Waals surface area contributed by atoms with Crippen LogP contribution in [0, 0.1) is 13.8 Å². The topological polar surface area (TPSA) is 64.7 Å². The Morgan fingerprint density at radius 3 is 2.45 bits per heavy atom. The molecule has 3 aromatic rings. The average Bonchev–Trinajstić information content (AvgIpc) is 2.44. The summed E-state index contributed by atoms with van der Waals surface area (Å²) in [7, 11) is 0. The van der Waals surface area contributed by atoms with E-state index in [1.54, 1.807) is 0 Å². The number of nitrogens with zero attached hydrogens (tertiary/aromatic N) is 3. The summed E-state index contributed by atoms with van der Waals surface area (Å²) in [5.74, 6) is 0. The molecule has 0 spiro atoms. The van der Waals surface area contributed by atoms with E-state index in [-0.39, 0.29) is 0 Å². The minimum Gasteiger partial charge on any atom is -0.398 e. The Labute approximate surface area is 121 Å². The molecule has 3 rings (SSSR count). The fraction of sp³-hybridized carbons (Fsp3) is 0.133. The van der Waals surface area contributed by atoms with Gasteiger partial charge in [0, 0.05) is 45.6 Å². The number of rotatable bonds is 2. The highest BCUT2D eigenvalue weighted by Gasteiger charge is 2.08. The number of hydrogen-bond donors (Lipinski definition) is 1. The van der Waals surface area contributed by atoms with Crippen LogP contribution < -0.4 is 5.73 Å². The molecule has 0 saturated carbocycles. The average molecular weight is 282 g/mol. The number of benzene rings is 1.